The summed E-state index contributed by atoms with van der Waals surface area (Å²) < 4.78 is 23.2. The molecule has 0 aromatic carbocycles. The van der Waals surface area contributed by atoms with Crippen molar-refractivity contribution in [2.24, 2.45) is 0 Å². The first-order valence-corrected chi connectivity index (χ1v) is 8.96. The molecule has 1 aliphatic heterocycles. The van der Waals surface area contributed by atoms with E-state index < -0.39 is 9.84 Å². The number of nitrogens with zero attached hydrogens (tertiary/aromatic N) is 2. The molecule has 0 bridgehead atoms. The van der Waals surface area contributed by atoms with Gasteiger partial charge in [-0.1, -0.05) is 6.92 Å². The molecule has 1 aromatic rings. The van der Waals surface area contributed by atoms with Crippen LogP contribution in [0.25, 0.3) is 0 Å². The Balaban J connectivity index is 2.20. The Hall–Kier alpha value is -1.63. The number of carbonyl (C=O) groups is 1. The van der Waals surface area contributed by atoms with Crippen LogP contribution in [0.4, 0.5) is 5.69 Å². The van der Waals surface area contributed by atoms with Gasteiger partial charge in [-0.3, -0.25) is 9.78 Å². The Morgan fingerprint density at radius 3 is 2.95 bits per heavy atom. The number of nitrogens with one attached hydrogen (secondary N) is 1. The van der Waals surface area contributed by atoms with Crippen LogP contribution in [0.1, 0.15) is 30.6 Å². The van der Waals surface area contributed by atoms with Crippen molar-refractivity contribution in [1.82, 2.24) is 9.88 Å². The molecular formula is C14H21N3O3S. The minimum Gasteiger partial charge on any atom is -0.384 e. The lowest BCUT2D eigenvalue weighted by Gasteiger charge is -2.33. The highest BCUT2D eigenvalue weighted by Crippen LogP contribution is 2.20. The van der Waals surface area contributed by atoms with Gasteiger partial charge in [0.15, 0.2) is 9.84 Å². The van der Waals surface area contributed by atoms with Gasteiger partial charge >= 0.3 is 0 Å². The largest absolute Gasteiger partial charge is 0.384 e. The van der Waals surface area contributed by atoms with E-state index in [1.165, 1.54) is 6.20 Å². The van der Waals surface area contributed by atoms with Gasteiger partial charge in [-0.05, 0) is 19.4 Å². The van der Waals surface area contributed by atoms with E-state index in [0.29, 0.717) is 5.56 Å². The third kappa shape index (κ3) is 3.72. The molecule has 2 heterocycles. The van der Waals surface area contributed by atoms with E-state index >= 15 is 0 Å². The second-order valence-electron chi connectivity index (χ2n) is 5.31. The van der Waals surface area contributed by atoms with Gasteiger partial charge in [-0.2, -0.15) is 0 Å². The number of rotatable bonds is 4. The molecule has 1 aromatic heterocycles. The van der Waals surface area contributed by atoms with Crippen LogP contribution < -0.4 is 5.32 Å². The van der Waals surface area contributed by atoms with Crippen molar-refractivity contribution in [3.05, 3.63) is 24.0 Å². The normalized spacial score (nSPS) is 21.0. The Labute approximate surface area is 125 Å². The summed E-state index contributed by atoms with van der Waals surface area (Å²) >= 11 is 0. The predicted octanol–water partition coefficient (Wildman–Crippen LogP) is 1.16. The van der Waals surface area contributed by atoms with Crippen LogP contribution in [-0.4, -0.2) is 54.8 Å². The first-order chi connectivity index (χ1) is 9.94. The van der Waals surface area contributed by atoms with Gasteiger partial charge in [-0.25, -0.2) is 8.42 Å². The minimum atomic E-state index is -3.03. The molecule has 1 amide bonds. The van der Waals surface area contributed by atoms with Gasteiger partial charge < -0.3 is 10.2 Å². The van der Waals surface area contributed by atoms with Crippen LogP contribution in [0.2, 0.25) is 0 Å². The van der Waals surface area contributed by atoms with Crippen LogP contribution in [0, 0.1) is 0 Å². The number of amides is 1. The lowest BCUT2D eigenvalue weighted by Crippen LogP contribution is -2.49. The quantitative estimate of drug-likeness (QED) is 0.903. The van der Waals surface area contributed by atoms with Crippen LogP contribution in [0.3, 0.4) is 0 Å². The molecule has 1 atom stereocenters. The summed E-state index contributed by atoms with van der Waals surface area (Å²) in [4.78, 5) is 18.3. The number of hydrogen-bond acceptors (Lipinski definition) is 5. The van der Waals surface area contributed by atoms with Crippen molar-refractivity contribution >= 4 is 21.4 Å². The second-order valence-corrected chi connectivity index (χ2v) is 7.54. The van der Waals surface area contributed by atoms with Crippen LogP contribution >= 0.6 is 0 Å². The minimum absolute atomic E-state index is 0.0245. The molecule has 116 valence electrons. The van der Waals surface area contributed by atoms with Gasteiger partial charge in [0, 0.05) is 31.5 Å². The highest BCUT2D eigenvalue weighted by atomic mass is 32.2. The molecule has 1 saturated heterocycles. The highest BCUT2D eigenvalue weighted by Gasteiger charge is 2.32. The third-order valence-electron chi connectivity index (χ3n) is 3.55. The monoisotopic (exact) mass is 311 g/mol. The lowest BCUT2D eigenvalue weighted by atomic mass is 10.1. The van der Waals surface area contributed by atoms with Crippen LogP contribution in [0.5, 0.6) is 0 Å². The molecule has 0 radical (unpaired) electrons. The Morgan fingerprint density at radius 1 is 1.52 bits per heavy atom. The summed E-state index contributed by atoms with van der Waals surface area (Å²) in [6, 6.07) is 1.46. The fourth-order valence-corrected chi connectivity index (χ4v) is 3.99. The topological polar surface area (TPSA) is 79.4 Å². The Bertz CT molecular complexity index is 616. The molecule has 0 saturated carbocycles. The first kappa shape index (κ1) is 15.8. The summed E-state index contributed by atoms with van der Waals surface area (Å²) in [5.41, 5.74) is 1.24. The van der Waals surface area contributed by atoms with E-state index in [-0.39, 0.29) is 30.0 Å². The van der Waals surface area contributed by atoms with Crippen molar-refractivity contribution in [3.63, 3.8) is 0 Å². The van der Waals surface area contributed by atoms with Crippen molar-refractivity contribution < 1.29 is 13.2 Å². The molecule has 21 heavy (non-hydrogen) atoms. The van der Waals surface area contributed by atoms with E-state index in [0.717, 1.165) is 18.7 Å². The van der Waals surface area contributed by atoms with Gasteiger partial charge in [0.1, 0.15) is 0 Å². The Morgan fingerprint density at radius 2 is 2.29 bits per heavy atom. The zero-order valence-corrected chi connectivity index (χ0v) is 13.2. The van der Waals surface area contributed by atoms with Crippen LogP contribution in [0.15, 0.2) is 18.5 Å². The Kier molecular flexibility index (Phi) is 4.82. The van der Waals surface area contributed by atoms with Crippen molar-refractivity contribution in [2.75, 3.05) is 29.9 Å². The molecule has 2 rings (SSSR count). The molecule has 6 nitrogen and oxygen atoms in total. The highest BCUT2D eigenvalue weighted by molar-refractivity contribution is 7.91. The fourth-order valence-electron chi connectivity index (χ4n) is 2.43. The zero-order valence-electron chi connectivity index (χ0n) is 12.4. The predicted molar refractivity (Wildman–Crippen MR) is 82.2 cm³/mol. The fraction of sp³-hybridized carbons (Fsp3) is 0.571. The van der Waals surface area contributed by atoms with E-state index in [1.54, 1.807) is 24.1 Å². The summed E-state index contributed by atoms with van der Waals surface area (Å²) in [6.07, 6.45) is 4.13. The second kappa shape index (κ2) is 6.43. The van der Waals surface area contributed by atoms with E-state index in [2.05, 4.69) is 10.3 Å². The standard InChI is InChI=1S/C14H21N3O3S/c1-3-5-16-13-4-6-15-9-12(13)14(18)17-7-8-21(19,20)10-11(17)2/h4,6,9,11H,3,5,7-8,10H2,1-2H3,(H,15,16). The number of sulfone groups is 1. The molecule has 0 spiro atoms. The number of pyridine rings is 1. The maximum absolute atomic E-state index is 12.7. The molecule has 7 heteroatoms. The zero-order chi connectivity index (χ0) is 15.5. The number of hydrogen-bond donors (Lipinski definition) is 1. The van der Waals surface area contributed by atoms with E-state index in [9.17, 15) is 13.2 Å². The molecule has 1 N–H and O–H groups in total. The number of aromatic nitrogens is 1. The van der Waals surface area contributed by atoms with Crippen LogP contribution in [-0.2, 0) is 9.84 Å². The van der Waals surface area contributed by atoms with E-state index in [4.69, 9.17) is 0 Å². The number of anilines is 1. The van der Waals surface area contributed by atoms with E-state index in [1.807, 2.05) is 6.92 Å². The molecule has 0 aliphatic carbocycles. The van der Waals surface area contributed by atoms with Crippen molar-refractivity contribution in [1.29, 1.82) is 0 Å². The summed E-state index contributed by atoms with van der Waals surface area (Å²) in [5, 5.41) is 3.21. The first-order valence-electron chi connectivity index (χ1n) is 7.14. The lowest BCUT2D eigenvalue weighted by molar-refractivity contribution is 0.0713. The van der Waals surface area contributed by atoms with Crippen molar-refractivity contribution in [3.8, 4) is 0 Å². The van der Waals surface area contributed by atoms with Crippen molar-refractivity contribution in [2.45, 2.75) is 26.3 Å². The molecule has 1 unspecified atom stereocenters. The molecule has 1 aliphatic rings. The summed E-state index contributed by atoms with van der Waals surface area (Å²) in [6.45, 7) is 4.83. The average molecular weight is 311 g/mol. The molecular weight excluding hydrogens is 290 g/mol. The average Bonchev–Trinajstić information content (AvgIpc) is 2.44. The summed E-state index contributed by atoms with van der Waals surface area (Å²) in [5.74, 6) is -0.110. The maximum atomic E-state index is 12.7. The maximum Gasteiger partial charge on any atom is 0.257 e. The summed E-state index contributed by atoms with van der Waals surface area (Å²) in [7, 11) is -3.03. The van der Waals surface area contributed by atoms with Gasteiger partial charge in [0.25, 0.3) is 5.91 Å². The SMILES string of the molecule is CCCNc1ccncc1C(=O)N1CCS(=O)(=O)CC1C. The van der Waals surface area contributed by atoms with Gasteiger partial charge in [0.2, 0.25) is 0 Å². The van der Waals surface area contributed by atoms with Gasteiger partial charge in [0.05, 0.1) is 22.8 Å². The third-order valence-corrected chi connectivity index (χ3v) is 5.34. The number of carbonyl (C=O) groups excluding carboxylic acids is 1. The molecule has 1 fully saturated rings. The smallest absolute Gasteiger partial charge is 0.257 e. The van der Waals surface area contributed by atoms with Gasteiger partial charge in [-0.15, -0.1) is 0 Å².